The molecule has 1 aliphatic heterocycles. The topological polar surface area (TPSA) is 19.4 Å². The van der Waals surface area contributed by atoms with Crippen molar-refractivity contribution in [3.05, 3.63) is 90.3 Å². The summed E-state index contributed by atoms with van der Waals surface area (Å²) < 4.78 is 0. The number of rotatable bonds is 3. The summed E-state index contributed by atoms with van der Waals surface area (Å²) in [6, 6.07) is 24.2. The molecule has 0 saturated carbocycles. The maximum Gasteiger partial charge on any atom is 0.0794 e. The number of pyridine rings is 1. The van der Waals surface area contributed by atoms with Crippen molar-refractivity contribution < 1.29 is 0 Å². The van der Waals surface area contributed by atoms with Gasteiger partial charge in [-0.15, -0.1) is 0 Å². The lowest BCUT2D eigenvalue weighted by atomic mass is 9.88. The second-order valence-electron chi connectivity index (χ2n) is 6.47. The van der Waals surface area contributed by atoms with Gasteiger partial charge in [0.1, 0.15) is 0 Å². The molecule has 3 nitrogen and oxygen atoms in total. The van der Waals surface area contributed by atoms with Gasteiger partial charge in [0.25, 0.3) is 0 Å². The number of aromatic nitrogens is 1. The van der Waals surface area contributed by atoms with E-state index in [0.717, 1.165) is 6.54 Å². The van der Waals surface area contributed by atoms with E-state index < -0.39 is 0 Å². The lowest BCUT2D eigenvalue weighted by molar-refractivity contribution is 0.485. The van der Waals surface area contributed by atoms with Crippen LogP contribution in [-0.4, -0.2) is 18.6 Å². The van der Waals surface area contributed by atoms with Gasteiger partial charge in [-0.25, -0.2) is 0 Å². The van der Waals surface area contributed by atoms with Gasteiger partial charge in [-0.2, -0.15) is 0 Å². The molecule has 1 aromatic heterocycles. The van der Waals surface area contributed by atoms with E-state index in [1.807, 2.05) is 12.4 Å². The third-order valence-electron chi connectivity index (χ3n) is 5.14. The van der Waals surface area contributed by atoms with Gasteiger partial charge >= 0.3 is 0 Å². The van der Waals surface area contributed by atoms with Crippen molar-refractivity contribution in [2.75, 3.05) is 23.4 Å². The van der Waals surface area contributed by atoms with E-state index in [1.54, 1.807) is 0 Å². The molecule has 4 rings (SSSR count). The van der Waals surface area contributed by atoms with E-state index >= 15 is 0 Å². The fraction of sp³-hybridized carbons (Fsp3) is 0.227. The van der Waals surface area contributed by atoms with Crippen LogP contribution in [0.15, 0.2) is 79.1 Å². The normalized spacial score (nSPS) is 19.6. The van der Waals surface area contributed by atoms with Gasteiger partial charge in [-0.3, -0.25) is 4.98 Å². The van der Waals surface area contributed by atoms with Gasteiger partial charge in [0.2, 0.25) is 0 Å². The molecule has 0 amide bonds. The van der Waals surface area contributed by atoms with Crippen LogP contribution >= 0.6 is 0 Å². The highest BCUT2D eigenvalue weighted by Crippen LogP contribution is 2.49. The van der Waals surface area contributed by atoms with Crippen LogP contribution in [-0.2, 0) is 0 Å². The molecule has 3 heteroatoms. The fourth-order valence-electron chi connectivity index (χ4n) is 4.01. The molecule has 126 valence electrons. The lowest BCUT2D eigenvalue weighted by Gasteiger charge is -2.49. The largest absolute Gasteiger partial charge is 0.362 e. The van der Waals surface area contributed by atoms with Crippen LogP contribution in [0, 0.1) is 0 Å². The number of fused-ring (bicyclic) bond motifs is 1. The van der Waals surface area contributed by atoms with Gasteiger partial charge in [0.15, 0.2) is 0 Å². The molecule has 0 spiro atoms. The predicted molar refractivity (Wildman–Crippen MR) is 104 cm³/mol. The number of hydrogen-bond acceptors (Lipinski definition) is 3. The van der Waals surface area contributed by atoms with Crippen LogP contribution in [0.5, 0.6) is 0 Å². The Kier molecular flexibility index (Phi) is 4.14. The predicted octanol–water partition coefficient (Wildman–Crippen LogP) is 4.84. The highest BCUT2D eigenvalue weighted by atomic mass is 15.3. The zero-order valence-corrected chi connectivity index (χ0v) is 14.7. The Bertz CT molecular complexity index is 832. The maximum atomic E-state index is 4.37. The third-order valence-corrected chi connectivity index (χ3v) is 5.14. The molecule has 2 atom stereocenters. The average Bonchev–Trinajstić information content (AvgIpc) is 2.69. The zero-order valence-electron chi connectivity index (χ0n) is 14.7. The third kappa shape index (κ3) is 2.66. The van der Waals surface area contributed by atoms with E-state index in [2.05, 4.69) is 95.5 Å². The quantitative estimate of drug-likeness (QED) is 0.685. The summed E-state index contributed by atoms with van der Waals surface area (Å²) in [6.07, 6.45) is 3.87. The Morgan fingerprint density at radius 1 is 0.800 bits per heavy atom. The molecule has 0 bridgehead atoms. The second kappa shape index (κ2) is 6.60. The minimum Gasteiger partial charge on any atom is -0.362 e. The molecule has 1 aliphatic rings. The Hall–Kier alpha value is -2.81. The second-order valence-corrected chi connectivity index (χ2v) is 6.47. The Morgan fingerprint density at radius 2 is 1.40 bits per heavy atom. The van der Waals surface area contributed by atoms with E-state index in [1.165, 1.54) is 22.5 Å². The van der Waals surface area contributed by atoms with Crippen LogP contribution in [0.25, 0.3) is 0 Å². The monoisotopic (exact) mass is 329 g/mol. The van der Waals surface area contributed by atoms with Gasteiger partial charge in [-0.05, 0) is 24.1 Å². The average molecular weight is 329 g/mol. The number of hydrogen-bond donors (Lipinski definition) is 0. The molecular formula is C22H23N3. The molecule has 0 N–H and O–H groups in total. The van der Waals surface area contributed by atoms with E-state index in [0.29, 0.717) is 0 Å². The van der Waals surface area contributed by atoms with Crippen molar-refractivity contribution in [2.24, 2.45) is 0 Å². The van der Waals surface area contributed by atoms with Crippen LogP contribution in [0.1, 0.15) is 30.1 Å². The van der Waals surface area contributed by atoms with E-state index in [4.69, 9.17) is 0 Å². The number of likely N-dealkylation sites (N-methyl/N-ethyl adjacent to an activating group) is 2. The van der Waals surface area contributed by atoms with Crippen LogP contribution in [0.3, 0.4) is 0 Å². The summed E-state index contributed by atoms with van der Waals surface area (Å²) in [7, 11) is 2.18. The van der Waals surface area contributed by atoms with Gasteiger partial charge in [0.05, 0.1) is 29.7 Å². The summed E-state index contributed by atoms with van der Waals surface area (Å²) in [5.41, 5.74) is 5.10. The Morgan fingerprint density at radius 3 is 2.00 bits per heavy atom. The number of nitrogens with zero attached hydrogens (tertiary/aromatic N) is 3. The van der Waals surface area contributed by atoms with Crippen molar-refractivity contribution in [3.63, 3.8) is 0 Å². The molecule has 2 heterocycles. The van der Waals surface area contributed by atoms with Crippen molar-refractivity contribution in [1.82, 2.24) is 4.98 Å². The molecule has 2 aromatic carbocycles. The molecular weight excluding hydrogens is 306 g/mol. The van der Waals surface area contributed by atoms with Crippen LogP contribution in [0.2, 0.25) is 0 Å². The fourth-order valence-corrected chi connectivity index (χ4v) is 4.01. The Labute approximate surface area is 149 Å². The van der Waals surface area contributed by atoms with E-state index in [-0.39, 0.29) is 12.1 Å². The smallest absolute Gasteiger partial charge is 0.0794 e. The number of benzene rings is 2. The van der Waals surface area contributed by atoms with Gasteiger partial charge in [0, 0.05) is 19.8 Å². The van der Waals surface area contributed by atoms with Crippen molar-refractivity contribution in [2.45, 2.75) is 19.0 Å². The first kappa shape index (κ1) is 15.7. The van der Waals surface area contributed by atoms with Gasteiger partial charge < -0.3 is 9.80 Å². The molecule has 2 unspecified atom stereocenters. The number of anilines is 2. The minimum absolute atomic E-state index is 0.236. The summed E-state index contributed by atoms with van der Waals surface area (Å²) in [4.78, 5) is 9.26. The summed E-state index contributed by atoms with van der Waals surface area (Å²) in [5.74, 6) is 0. The lowest BCUT2D eigenvalue weighted by Crippen LogP contribution is -2.44. The molecule has 25 heavy (non-hydrogen) atoms. The van der Waals surface area contributed by atoms with Crippen LogP contribution in [0.4, 0.5) is 11.4 Å². The summed E-state index contributed by atoms with van der Waals surface area (Å²) >= 11 is 0. The zero-order chi connectivity index (χ0) is 17.2. The SMILES string of the molecule is CCN1c2ccncc2N(C)C(c2ccccc2)C1c1ccccc1. The van der Waals surface area contributed by atoms with E-state index in [9.17, 15) is 0 Å². The highest BCUT2D eigenvalue weighted by molar-refractivity contribution is 5.74. The summed E-state index contributed by atoms with van der Waals surface area (Å²) in [6.45, 7) is 3.18. The molecule has 0 radical (unpaired) electrons. The van der Waals surface area contributed by atoms with Gasteiger partial charge in [-0.1, -0.05) is 60.7 Å². The first-order valence-corrected chi connectivity index (χ1v) is 8.84. The molecule has 0 saturated heterocycles. The van der Waals surface area contributed by atoms with Crippen LogP contribution < -0.4 is 9.80 Å². The minimum atomic E-state index is 0.236. The summed E-state index contributed by atoms with van der Waals surface area (Å²) in [5, 5.41) is 0. The van der Waals surface area contributed by atoms with Crippen molar-refractivity contribution in [3.8, 4) is 0 Å². The Balaban J connectivity index is 1.93. The molecule has 0 aliphatic carbocycles. The highest BCUT2D eigenvalue weighted by Gasteiger charge is 2.38. The van der Waals surface area contributed by atoms with Crippen molar-refractivity contribution in [1.29, 1.82) is 0 Å². The first-order chi connectivity index (χ1) is 12.3. The maximum absolute atomic E-state index is 4.37. The molecule has 0 fully saturated rings. The molecule has 3 aromatic rings. The van der Waals surface area contributed by atoms with Crippen molar-refractivity contribution >= 4 is 11.4 Å². The first-order valence-electron chi connectivity index (χ1n) is 8.84. The standard InChI is InChI=1S/C22H23N3/c1-3-25-19-14-15-23-16-20(19)24(2)21(17-10-6-4-7-11-17)22(25)18-12-8-5-9-13-18/h4-16,21-22H,3H2,1-2H3.